The largest absolute Gasteiger partial charge is 0.379 e. The molecule has 1 amide bonds. The van der Waals surface area contributed by atoms with Gasteiger partial charge in [0.1, 0.15) is 11.6 Å². The number of carbonyl (C=O) groups excluding carboxylic acids is 1. The molecule has 3 N–H and O–H groups in total. The number of aromatic nitrogens is 2. The van der Waals surface area contributed by atoms with Gasteiger partial charge in [0, 0.05) is 6.04 Å². The van der Waals surface area contributed by atoms with Gasteiger partial charge in [0.05, 0.1) is 11.9 Å². The minimum absolute atomic E-state index is 0.0620. The number of carbonyl (C=O) groups is 1. The summed E-state index contributed by atoms with van der Waals surface area (Å²) in [5.41, 5.74) is 5.54. The highest BCUT2D eigenvalue weighted by molar-refractivity contribution is 6.32. The number of primary amides is 1. The lowest BCUT2D eigenvalue weighted by atomic mass is 9.45. The van der Waals surface area contributed by atoms with E-state index in [0.717, 1.165) is 11.1 Å². The van der Waals surface area contributed by atoms with E-state index >= 15 is 0 Å². The summed E-state index contributed by atoms with van der Waals surface area (Å²) in [7, 11) is 0. The van der Waals surface area contributed by atoms with Gasteiger partial charge in [0.2, 0.25) is 5.91 Å². The van der Waals surface area contributed by atoms with Gasteiger partial charge in [0.15, 0.2) is 0 Å². The summed E-state index contributed by atoms with van der Waals surface area (Å²) >= 11 is 6.16. The van der Waals surface area contributed by atoms with Crippen molar-refractivity contribution in [2.24, 2.45) is 28.9 Å². The lowest BCUT2D eigenvalue weighted by Crippen LogP contribution is -2.58. The van der Waals surface area contributed by atoms with Crippen LogP contribution >= 0.6 is 11.6 Å². The van der Waals surface area contributed by atoms with Crippen LogP contribution < -0.4 is 16.6 Å². The van der Waals surface area contributed by atoms with Crippen molar-refractivity contribution in [1.82, 2.24) is 9.78 Å². The number of fused-ring (bicyclic) bond motifs is 2. The number of anilines is 1. The maximum atomic E-state index is 12.1. The monoisotopic (exact) mass is 338 g/mol. The molecule has 0 unspecified atom stereocenters. The van der Waals surface area contributed by atoms with Crippen LogP contribution in [0, 0.1) is 23.2 Å². The van der Waals surface area contributed by atoms with Crippen molar-refractivity contribution in [3.05, 3.63) is 21.6 Å². The number of hydrogen-bond donors (Lipinski definition) is 2. The summed E-state index contributed by atoms with van der Waals surface area (Å²) in [6.45, 7) is 6.68. The molecule has 1 aromatic rings. The fourth-order valence-electron chi connectivity index (χ4n) is 4.37. The van der Waals surface area contributed by atoms with Crippen LogP contribution in [0.3, 0.4) is 0 Å². The molecule has 23 heavy (non-hydrogen) atoms. The van der Waals surface area contributed by atoms with Gasteiger partial charge in [-0.25, -0.2) is 4.68 Å². The number of halogens is 1. The quantitative estimate of drug-likeness (QED) is 0.876. The van der Waals surface area contributed by atoms with Gasteiger partial charge >= 0.3 is 0 Å². The minimum atomic E-state index is -0.625. The molecule has 126 valence electrons. The van der Waals surface area contributed by atoms with E-state index in [1.807, 2.05) is 0 Å². The van der Waals surface area contributed by atoms with E-state index in [1.165, 1.54) is 12.6 Å². The van der Waals surface area contributed by atoms with Crippen LogP contribution in [0.4, 0.5) is 5.69 Å². The average molecular weight is 339 g/mol. The van der Waals surface area contributed by atoms with Crippen LogP contribution in [0.15, 0.2) is 11.0 Å². The van der Waals surface area contributed by atoms with Crippen LogP contribution in [-0.2, 0) is 11.3 Å². The fourth-order valence-corrected chi connectivity index (χ4v) is 4.57. The van der Waals surface area contributed by atoms with E-state index in [9.17, 15) is 9.59 Å². The molecule has 0 spiro atoms. The molecule has 3 aliphatic carbocycles. The number of hydrogen-bond acceptors (Lipinski definition) is 4. The number of nitrogens with one attached hydrogen (secondary N) is 1. The van der Waals surface area contributed by atoms with Crippen LogP contribution in [0.2, 0.25) is 5.02 Å². The summed E-state index contributed by atoms with van der Waals surface area (Å²) in [6.07, 6.45) is 3.87. The van der Waals surface area contributed by atoms with E-state index in [-0.39, 0.29) is 17.6 Å². The normalized spacial score (nSPS) is 31.3. The summed E-state index contributed by atoms with van der Waals surface area (Å²) in [6, 6.07) is 0.289. The summed E-state index contributed by atoms with van der Waals surface area (Å²) in [4.78, 5) is 23.1. The molecular weight excluding hydrogens is 316 g/mol. The Bertz CT molecular complexity index is 700. The zero-order valence-electron chi connectivity index (χ0n) is 13.7. The van der Waals surface area contributed by atoms with Crippen LogP contribution in [-0.4, -0.2) is 21.7 Å². The first-order valence-corrected chi connectivity index (χ1v) is 8.40. The molecule has 0 aromatic carbocycles. The SMILES string of the molecule is C[C@@H]1[C@H]2C[C@@H](C[C@H]1Nc1cnn(CC(N)=O)c(=O)c1Cl)C2(C)C. The lowest BCUT2D eigenvalue weighted by Gasteiger charge is -2.62. The zero-order valence-corrected chi connectivity index (χ0v) is 14.4. The van der Waals surface area contributed by atoms with Gasteiger partial charge < -0.3 is 11.1 Å². The number of rotatable bonds is 4. The molecule has 1 heterocycles. The van der Waals surface area contributed by atoms with Crippen LogP contribution in [0.1, 0.15) is 33.6 Å². The molecule has 3 aliphatic rings. The molecule has 1 aromatic heterocycles. The smallest absolute Gasteiger partial charge is 0.288 e. The molecule has 3 fully saturated rings. The third-order valence-corrected chi connectivity index (χ3v) is 6.35. The van der Waals surface area contributed by atoms with Gasteiger partial charge in [-0.15, -0.1) is 0 Å². The van der Waals surface area contributed by atoms with Crippen LogP contribution in [0.25, 0.3) is 0 Å². The van der Waals surface area contributed by atoms with Gasteiger partial charge in [-0.1, -0.05) is 32.4 Å². The van der Waals surface area contributed by atoms with Crippen molar-refractivity contribution >= 4 is 23.2 Å². The highest BCUT2D eigenvalue weighted by Gasteiger charge is 2.56. The summed E-state index contributed by atoms with van der Waals surface area (Å²) in [5, 5.41) is 7.44. The molecule has 0 aliphatic heterocycles. The molecule has 2 bridgehead atoms. The fraction of sp³-hybridized carbons (Fsp3) is 0.688. The Kier molecular flexibility index (Phi) is 3.91. The average Bonchev–Trinajstić information content (AvgIpc) is 2.47. The topological polar surface area (TPSA) is 90.0 Å². The van der Waals surface area contributed by atoms with Gasteiger partial charge in [0.25, 0.3) is 5.56 Å². The molecule has 7 heteroatoms. The highest BCUT2D eigenvalue weighted by Crippen LogP contribution is 2.61. The van der Waals surface area contributed by atoms with Crippen molar-refractivity contribution in [3.63, 3.8) is 0 Å². The standard InChI is InChI=1S/C16H23ClN4O2/c1-8-10-4-9(16(10,2)3)5-11(8)20-12-6-19-21(7-13(18)22)15(23)14(12)17/h6,8-11,20H,4-5,7H2,1-3H3,(H2,18,22)/t8-,9+,10-,11-/m1/s1. The molecule has 0 radical (unpaired) electrons. The molecule has 0 saturated heterocycles. The molecule has 3 saturated carbocycles. The van der Waals surface area contributed by atoms with Crippen molar-refractivity contribution in [2.45, 2.75) is 46.2 Å². The maximum absolute atomic E-state index is 12.1. The van der Waals surface area contributed by atoms with E-state index < -0.39 is 11.5 Å². The van der Waals surface area contributed by atoms with Crippen molar-refractivity contribution in [1.29, 1.82) is 0 Å². The molecule has 4 rings (SSSR count). The summed E-state index contributed by atoms with van der Waals surface area (Å²) < 4.78 is 0.987. The second-order valence-corrected chi connectivity index (χ2v) is 7.89. The Morgan fingerprint density at radius 2 is 2.22 bits per heavy atom. The molecule has 4 atom stereocenters. The van der Waals surface area contributed by atoms with E-state index in [2.05, 4.69) is 31.2 Å². The van der Waals surface area contributed by atoms with Crippen molar-refractivity contribution in [3.8, 4) is 0 Å². The number of amides is 1. The van der Waals surface area contributed by atoms with E-state index in [0.29, 0.717) is 28.9 Å². The second kappa shape index (κ2) is 5.51. The van der Waals surface area contributed by atoms with Gasteiger partial charge in [-0.3, -0.25) is 9.59 Å². The number of nitrogens with two attached hydrogens (primary N) is 1. The first-order valence-electron chi connectivity index (χ1n) is 8.02. The zero-order chi connectivity index (χ0) is 16.9. The molecule has 6 nitrogen and oxygen atoms in total. The van der Waals surface area contributed by atoms with E-state index in [1.54, 1.807) is 0 Å². The maximum Gasteiger partial charge on any atom is 0.288 e. The predicted molar refractivity (Wildman–Crippen MR) is 89.3 cm³/mol. The molecular formula is C16H23ClN4O2. The Balaban J connectivity index is 1.78. The van der Waals surface area contributed by atoms with Gasteiger partial charge in [-0.2, -0.15) is 5.10 Å². The first kappa shape index (κ1) is 16.3. The lowest BCUT2D eigenvalue weighted by molar-refractivity contribution is -0.118. The second-order valence-electron chi connectivity index (χ2n) is 7.51. The third kappa shape index (κ3) is 2.63. The Morgan fingerprint density at radius 3 is 2.78 bits per heavy atom. The highest BCUT2D eigenvalue weighted by atomic mass is 35.5. The predicted octanol–water partition coefficient (Wildman–Crippen LogP) is 1.86. The van der Waals surface area contributed by atoms with Crippen molar-refractivity contribution < 1.29 is 4.79 Å². The van der Waals surface area contributed by atoms with Crippen molar-refractivity contribution in [2.75, 3.05) is 5.32 Å². The van der Waals surface area contributed by atoms with Crippen LogP contribution in [0.5, 0.6) is 0 Å². The Hall–Kier alpha value is -1.56. The first-order chi connectivity index (χ1) is 10.7. The van der Waals surface area contributed by atoms with Gasteiger partial charge in [-0.05, 0) is 36.0 Å². The minimum Gasteiger partial charge on any atom is -0.379 e. The number of nitrogens with zero attached hydrogens (tertiary/aromatic N) is 2. The third-order valence-electron chi connectivity index (χ3n) is 5.99. The Morgan fingerprint density at radius 1 is 1.52 bits per heavy atom. The summed E-state index contributed by atoms with van der Waals surface area (Å²) in [5.74, 6) is 1.29. The Labute approximate surface area is 140 Å². The van der Waals surface area contributed by atoms with E-state index in [4.69, 9.17) is 17.3 Å².